The fourth-order valence-electron chi connectivity index (χ4n) is 2.34. The Bertz CT molecular complexity index is 526. The van der Waals surface area contributed by atoms with Crippen molar-refractivity contribution in [2.45, 2.75) is 46.0 Å². The molecular weight excluding hydrogens is 236 g/mol. The van der Waals surface area contributed by atoms with Crippen LogP contribution in [0.5, 0.6) is 0 Å². The molecule has 1 aliphatic carbocycles. The first kappa shape index (κ1) is 13.5. The monoisotopic (exact) mass is 256 g/mol. The molecule has 1 aromatic rings. The average molecular weight is 256 g/mol. The summed E-state index contributed by atoms with van der Waals surface area (Å²) < 4.78 is 0. The SMILES string of the molecule is Cc1nnc(NCCC2=CCCCC2)c(C#N)c1C. The maximum absolute atomic E-state index is 9.20. The van der Waals surface area contributed by atoms with E-state index in [1.54, 1.807) is 0 Å². The fourth-order valence-corrected chi connectivity index (χ4v) is 2.34. The number of anilines is 1. The number of nitrogens with zero attached hydrogens (tertiary/aromatic N) is 3. The van der Waals surface area contributed by atoms with Crippen LogP contribution in [0.4, 0.5) is 5.82 Å². The van der Waals surface area contributed by atoms with Crippen LogP contribution in [-0.4, -0.2) is 16.7 Å². The molecule has 0 fully saturated rings. The number of aromatic nitrogens is 2. The lowest BCUT2D eigenvalue weighted by atomic mass is 9.97. The van der Waals surface area contributed by atoms with E-state index in [1.807, 2.05) is 13.8 Å². The Morgan fingerprint density at radius 3 is 2.84 bits per heavy atom. The number of hydrogen-bond donors (Lipinski definition) is 1. The van der Waals surface area contributed by atoms with Crippen molar-refractivity contribution in [2.24, 2.45) is 0 Å². The summed E-state index contributed by atoms with van der Waals surface area (Å²) in [5.74, 6) is 0.613. The van der Waals surface area contributed by atoms with Crippen LogP contribution in [0.25, 0.3) is 0 Å². The van der Waals surface area contributed by atoms with Crippen LogP contribution in [0, 0.1) is 25.2 Å². The molecule has 1 aromatic heterocycles. The topological polar surface area (TPSA) is 61.6 Å². The molecule has 0 aliphatic heterocycles. The molecule has 0 saturated carbocycles. The Balaban J connectivity index is 1.98. The predicted molar refractivity (Wildman–Crippen MR) is 75.9 cm³/mol. The molecule has 0 unspecified atom stereocenters. The Hall–Kier alpha value is -1.89. The molecular formula is C15H20N4. The third-order valence-electron chi connectivity index (χ3n) is 3.69. The molecule has 4 nitrogen and oxygen atoms in total. The molecule has 0 aromatic carbocycles. The summed E-state index contributed by atoms with van der Waals surface area (Å²) in [4.78, 5) is 0. The fraction of sp³-hybridized carbons (Fsp3) is 0.533. The maximum Gasteiger partial charge on any atom is 0.166 e. The third kappa shape index (κ3) is 3.31. The van der Waals surface area contributed by atoms with E-state index in [9.17, 15) is 5.26 Å². The summed E-state index contributed by atoms with van der Waals surface area (Å²) in [6, 6.07) is 2.21. The molecule has 4 heteroatoms. The molecule has 1 N–H and O–H groups in total. The second kappa shape index (κ2) is 6.33. The first-order valence-electron chi connectivity index (χ1n) is 6.88. The first-order valence-corrected chi connectivity index (χ1v) is 6.88. The van der Waals surface area contributed by atoms with E-state index in [0.29, 0.717) is 11.4 Å². The summed E-state index contributed by atoms with van der Waals surface area (Å²) in [5.41, 5.74) is 3.87. The summed E-state index contributed by atoms with van der Waals surface area (Å²) in [6.45, 7) is 4.61. The zero-order valence-corrected chi connectivity index (χ0v) is 11.7. The van der Waals surface area contributed by atoms with Gasteiger partial charge in [0, 0.05) is 6.54 Å². The number of hydrogen-bond acceptors (Lipinski definition) is 4. The van der Waals surface area contributed by atoms with E-state index in [2.05, 4.69) is 27.7 Å². The van der Waals surface area contributed by atoms with Gasteiger partial charge in [0.25, 0.3) is 0 Å². The van der Waals surface area contributed by atoms with Gasteiger partial charge in [-0.2, -0.15) is 10.4 Å². The Morgan fingerprint density at radius 2 is 2.16 bits per heavy atom. The van der Waals surface area contributed by atoms with Crippen molar-refractivity contribution in [1.82, 2.24) is 10.2 Å². The van der Waals surface area contributed by atoms with Crippen LogP contribution in [0.3, 0.4) is 0 Å². The number of allylic oxidation sites excluding steroid dienone is 1. The molecule has 2 rings (SSSR count). The zero-order valence-electron chi connectivity index (χ0n) is 11.7. The summed E-state index contributed by atoms with van der Waals surface area (Å²) >= 11 is 0. The van der Waals surface area contributed by atoms with Gasteiger partial charge < -0.3 is 5.32 Å². The maximum atomic E-state index is 9.20. The van der Waals surface area contributed by atoms with Crippen LogP contribution < -0.4 is 5.32 Å². The van der Waals surface area contributed by atoms with Crippen molar-refractivity contribution in [2.75, 3.05) is 11.9 Å². The van der Waals surface area contributed by atoms with E-state index < -0.39 is 0 Å². The van der Waals surface area contributed by atoms with Gasteiger partial charge in [-0.25, -0.2) is 0 Å². The zero-order chi connectivity index (χ0) is 13.7. The van der Waals surface area contributed by atoms with Crippen LogP contribution in [0.15, 0.2) is 11.6 Å². The predicted octanol–water partition coefficient (Wildman–Crippen LogP) is 3.27. The second-order valence-electron chi connectivity index (χ2n) is 5.03. The van der Waals surface area contributed by atoms with Gasteiger partial charge in [0.05, 0.1) is 5.69 Å². The first-order chi connectivity index (χ1) is 9.22. The lowest BCUT2D eigenvalue weighted by Crippen LogP contribution is -2.10. The normalized spacial score (nSPS) is 14.7. The molecule has 0 radical (unpaired) electrons. The molecule has 19 heavy (non-hydrogen) atoms. The van der Waals surface area contributed by atoms with E-state index in [-0.39, 0.29) is 0 Å². The quantitative estimate of drug-likeness (QED) is 0.840. The molecule has 0 saturated heterocycles. The third-order valence-corrected chi connectivity index (χ3v) is 3.69. The van der Waals surface area contributed by atoms with Crippen molar-refractivity contribution in [3.63, 3.8) is 0 Å². The highest BCUT2D eigenvalue weighted by Gasteiger charge is 2.10. The van der Waals surface area contributed by atoms with Crippen molar-refractivity contribution in [1.29, 1.82) is 5.26 Å². The molecule has 0 spiro atoms. The standard InChI is InChI=1S/C15H20N4/c1-11-12(2)18-19-15(14(11)10-16)17-9-8-13-6-4-3-5-7-13/h6H,3-5,7-9H2,1-2H3,(H,17,19). The lowest BCUT2D eigenvalue weighted by Gasteiger charge is -2.14. The van der Waals surface area contributed by atoms with Gasteiger partial charge >= 0.3 is 0 Å². The van der Waals surface area contributed by atoms with Gasteiger partial charge in [0.1, 0.15) is 11.6 Å². The highest BCUT2D eigenvalue weighted by Crippen LogP contribution is 2.21. The summed E-state index contributed by atoms with van der Waals surface area (Å²) in [7, 11) is 0. The second-order valence-corrected chi connectivity index (χ2v) is 5.03. The van der Waals surface area contributed by atoms with Gasteiger partial charge in [-0.3, -0.25) is 0 Å². The molecule has 1 heterocycles. The molecule has 1 aliphatic rings. The Morgan fingerprint density at radius 1 is 1.32 bits per heavy atom. The lowest BCUT2D eigenvalue weighted by molar-refractivity contribution is 0.679. The van der Waals surface area contributed by atoms with Crippen LogP contribution in [-0.2, 0) is 0 Å². The van der Waals surface area contributed by atoms with E-state index in [4.69, 9.17) is 0 Å². The summed E-state index contributed by atoms with van der Waals surface area (Å²) in [5, 5.41) is 20.6. The highest BCUT2D eigenvalue weighted by molar-refractivity contribution is 5.55. The Kier molecular flexibility index (Phi) is 4.51. The van der Waals surface area contributed by atoms with Gasteiger partial charge in [-0.1, -0.05) is 11.6 Å². The smallest absolute Gasteiger partial charge is 0.166 e. The molecule has 0 atom stereocenters. The van der Waals surface area contributed by atoms with Crippen molar-refractivity contribution in [3.05, 3.63) is 28.5 Å². The average Bonchev–Trinajstić information content (AvgIpc) is 2.44. The van der Waals surface area contributed by atoms with E-state index >= 15 is 0 Å². The van der Waals surface area contributed by atoms with Crippen LogP contribution >= 0.6 is 0 Å². The minimum absolute atomic E-state index is 0.613. The van der Waals surface area contributed by atoms with Crippen molar-refractivity contribution < 1.29 is 0 Å². The van der Waals surface area contributed by atoms with E-state index in [0.717, 1.165) is 24.2 Å². The number of nitrogens with one attached hydrogen (secondary N) is 1. The largest absolute Gasteiger partial charge is 0.367 e. The Labute approximate surface area is 114 Å². The minimum Gasteiger partial charge on any atom is -0.367 e. The number of rotatable bonds is 4. The molecule has 100 valence electrons. The van der Waals surface area contributed by atoms with Crippen molar-refractivity contribution >= 4 is 5.82 Å². The van der Waals surface area contributed by atoms with Crippen molar-refractivity contribution in [3.8, 4) is 6.07 Å². The van der Waals surface area contributed by atoms with Crippen LogP contribution in [0.2, 0.25) is 0 Å². The summed E-state index contributed by atoms with van der Waals surface area (Å²) in [6.07, 6.45) is 8.42. The number of nitriles is 1. The van der Waals surface area contributed by atoms with Gasteiger partial charge in [-0.15, -0.1) is 5.10 Å². The van der Waals surface area contributed by atoms with Gasteiger partial charge in [0.15, 0.2) is 5.82 Å². The number of aryl methyl sites for hydroxylation is 1. The minimum atomic E-state index is 0.613. The van der Waals surface area contributed by atoms with Crippen LogP contribution in [0.1, 0.15) is 48.9 Å². The molecule has 0 amide bonds. The molecule has 0 bridgehead atoms. The van der Waals surface area contributed by atoms with Gasteiger partial charge in [-0.05, 0) is 51.5 Å². The van der Waals surface area contributed by atoms with Gasteiger partial charge in [0.2, 0.25) is 0 Å². The highest BCUT2D eigenvalue weighted by atomic mass is 15.2. The van der Waals surface area contributed by atoms with E-state index in [1.165, 1.54) is 31.3 Å².